The Hall–Kier alpha value is -2.05. The third-order valence-corrected chi connectivity index (χ3v) is 2.93. The molecule has 1 aromatic heterocycles. The van der Waals surface area contributed by atoms with E-state index in [-0.39, 0.29) is 18.4 Å². The third kappa shape index (κ3) is 3.22. The Morgan fingerprint density at radius 3 is 2.94 bits per heavy atom. The van der Waals surface area contributed by atoms with Crippen LogP contribution in [0, 0.1) is 5.92 Å². The quantitative estimate of drug-likeness (QED) is 0.690. The number of imidazole rings is 1. The largest absolute Gasteiger partial charge is 0.481 e. The lowest BCUT2D eigenvalue weighted by Crippen LogP contribution is -2.54. The predicted octanol–water partition coefficient (Wildman–Crippen LogP) is 0.0683. The standard InChI is InChI=1S/C11H16N4O3/c16-10(17)3-8-5-15(6-8)11(18)13-2-1-9-4-12-7-14-9/h4,7-8H,1-3,5-6H2,(H,12,14)(H,13,18)(H,16,17). The highest BCUT2D eigenvalue weighted by molar-refractivity contribution is 5.75. The van der Waals surface area contributed by atoms with Crippen LogP contribution in [0.15, 0.2) is 12.5 Å². The van der Waals surface area contributed by atoms with Gasteiger partial charge in [0.2, 0.25) is 0 Å². The molecule has 98 valence electrons. The minimum Gasteiger partial charge on any atom is -0.481 e. The maximum absolute atomic E-state index is 11.6. The first kappa shape index (κ1) is 12.4. The summed E-state index contributed by atoms with van der Waals surface area (Å²) in [5.74, 6) is -0.708. The van der Waals surface area contributed by atoms with Crippen molar-refractivity contribution in [2.45, 2.75) is 12.8 Å². The molecule has 2 heterocycles. The zero-order valence-electron chi connectivity index (χ0n) is 9.93. The number of hydrogen-bond acceptors (Lipinski definition) is 3. The van der Waals surface area contributed by atoms with Crippen molar-refractivity contribution in [1.29, 1.82) is 0 Å². The van der Waals surface area contributed by atoms with E-state index in [1.54, 1.807) is 17.4 Å². The number of carboxylic acid groups (broad SMARTS) is 1. The van der Waals surface area contributed by atoms with E-state index in [4.69, 9.17) is 5.11 Å². The van der Waals surface area contributed by atoms with Crippen LogP contribution in [0.1, 0.15) is 12.1 Å². The Balaban J connectivity index is 1.60. The second kappa shape index (κ2) is 5.52. The summed E-state index contributed by atoms with van der Waals surface area (Å²) in [5.41, 5.74) is 0.975. The van der Waals surface area contributed by atoms with Crippen molar-refractivity contribution in [3.63, 3.8) is 0 Å². The molecule has 7 heteroatoms. The number of carbonyl (C=O) groups is 2. The number of rotatable bonds is 5. The number of carboxylic acids is 1. The number of aliphatic carboxylic acids is 1. The van der Waals surface area contributed by atoms with Crippen molar-refractivity contribution < 1.29 is 14.7 Å². The number of aromatic amines is 1. The molecule has 1 aromatic rings. The van der Waals surface area contributed by atoms with Gasteiger partial charge in [-0.25, -0.2) is 9.78 Å². The minimum atomic E-state index is -0.806. The zero-order valence-corrected chi connectivity index (χ0v) is 9.93. The number of aromatic nitrogens is 2. The Bertz CT molecular complexity index is 412. The van der Waals surface area contributed by atoms with Crippen LogP contribution in [0.3, 0.4) is 0 Å². The first-order valence-corrected chi connectivity index (χ1v) is 5.87. The third-order valence-electron chi connectivity index (χ3n) is 2.93. The maximum Gasteiger partial charge on any atom is 0.317 e. The Morgan fingerprint density at radius 2 is 2.33 bits per heavy atom. The average Bonchev–Trinajstić information content (AvgIpc) is 2.75. The molecule has 1 fully saturated rings. The minimum absolute atomic E-state index is 0.0980. The van der Waals surface area contributed by atoms with Crippen LogP contribution < -0.4 is 5.32 Å². The molecule has 2 amide bonds. The second-order valence-electron chi connectivity index (χ2n) is 4.43. The van der Waals surface area contributed by atoms with Crippen LogP contribution in [0.5, 0.6) is 0 Å². The van der Waals surface area contributed by atoms with Crippen LogP contribution in [-0.2, 0) is 11.2 Å². The van der Waals surface area contributed by atoms with Gasteiger partial charge in [0.25, 0.3) is 0 Å². The van der Waals surface area contributed by atoms with Gasteiger partial charge < -0.3 is 20.3 Å². The van der Waals surface area contributed by atoms with Gasteiger partial charge in [-0.15, -0.1) is 0 Å². The Morgan fingerprint density at radius 1 is 1.56 bits per heavy atom. The van der Waals surface area contributed by atoms with Crippen molar-refractivity contribution in [3.05, 3.63) is 18.2 Å². The summed E-state index contributed by atoms with van der Waals surface area (Å²) in [6.07, 6.45) is 4.16. The van der Waals surface area contributed by atoms with Gasteiger partial charge in [0.1, 0.15) is 0 Å². The van der Waals surface area contributed by atoms with E-state index in [0.717, 1.165) is 5.69 Å². The van der Waals surface area contributed by atoms with Gasteiger partial charge in [0.05, 0.1) is 12.7 Å². The Kier molecular flexibility index (Phi) is 3.81. The lowest BCUT2D eigenvalue weighted by molar-refractivity contribution is -0.139. The van der Waals surface area contributed by atoms with Gasteiger partial charge in [0.15, 0.2) is 0 Å². The highest BCUT2D eigenvalue weighted by Gasteiger charge is 2.31. The molecule has 18 heavy (non-hydrogen) atoms. The van der Waals surface area contributed by atoms with Crippen molar-refractivity contribution in [1.82, 2.24) is 20.2 Å². The van der Waals surface area contributed by atoms with Gasteiger partial charge in [0, 0.05) is 43.9 Å². The molecule has 0 atom stereocenters. The van der Waals surface area contributed by atoms with Crippen LogP contribution in [0.25, 0.3) is 0 Å². The first-order chi connectivity index (χ1) is 8.65. The van der Waals surface area contributed by atoms with Crippen LogP contribution in [0.4, 0.5) is 4.79 Å². The number of nitrogens with zero attached hydrogens (tertiary/aromatic N) is 2. The van der Waals surface area contributed by atoms with E-state index in [1.807, 2.05) is 0 Å². The summed E-state index contributed by atoms with van der Waals surface area (Å²) in [6, 6.07) is -0.129. The molecular formula is C11H16N4O3. The topological polar surface area (TPSA) is 98.3 Å². The summed E-state index contributed by atoms with van der Waals surface area (Å²) < 4.78 is 0. The zero-order chi connectivity index (χ0) is 13.0. The highest BCUT2D eigenvalue weighted by Crippen LogP contribution is 2.18. The summed E-state index contributed by atoms with van der Waals surface area (Å²) >= 11 is 0. The van der Waals surface area contributed by atoms with E-state index < -0.39 is 5.97 Å². The van der Waals surface area contributed by atoms with Gasteiger partial charge in [-0.3, -0.25) is 4.79 Å². The summed E-state index contributed by atoms with van der Waals surface area (Å²) in [7, 11) is 0. The molecule has 3 N–H and O–H groups in total. The molecule has 0 spiro atoms. The lowest BCUT2D eigenvalue weighted by atomic mass is 9.97. The van der Waals surface area contributed by atoms with E-state index in [1.165, 1.54) is 0 Å². The van der Waals surface area contributed by atoms with Crippen LogP contribution >= 0.6 is 0 Å². The highest BCUT2D eigenvalue weighted by atomic mass is 16.4. The molecule has 7 nitrogen and oxygen atoms in total. The van der Waals surface area contributed by atoms with Crippen molar-refractivity contribution >= 4 is 12.0 Å². The van der Waals surface area contributed by atoms with E-state index in [2.05, 4.69) is 15.3 Å². The molecule has 1 saturated heterocycles. The SMILES string of the molecule is O=C(O)CC1CN(C(=O)NCCc2cnc[nH]2)C1. The van der Waals surface area contributed by atoms with Gasteiger partial charge >= 0.3 is 12.0 Å². The van der Waals surface area contributed by atoms with Crippen LogP contribution in [0.2, 0.25) is 0 Å². The monoisotopic (exact) mass is 252 g/mol. The smallest absolute Gasteiger partial charge is 0.317 e. The van der Waals surface area contributed by atoms with E-state index in [0.29, 0.717) is 26.1 Å². The fourth-order valence-electron chi connectivity index (χ4n) is 1.95. The fourth-order valence-corrected chi connectivity index (χ4v) is 1.95. The normalized spacial score (nSPS) is 15.2. The number of hydrogen-bond donors (Lipinski definition) is 3. The van der Waals surface area contributed by atoms with Gasteiger partial charge in [-0.2, -0.15) is 0 Å². The summed E-state index contributed by atoms with van der Waals surface area (Å²) in [5, 5.41) is 11.4. The summed E-state index contributed by atoms with van der Waals surface area (Å²) in [6.45, 7) is 1.60. The van der Waals surface area contributed by atoms with Crippen LogP contribution in [-0.4, -0.2) is 51.6 Å². The molecule has 1 aliphatic rings. The number of urea groups is 1. The summed E-state index contributed by atoms with van der Waals surface area (Å²) in [4.78, 5) is 30.5. The molecular weight excluding hydrogens is 236 g/mol. The number of nitrogens with one attached hydrogen (secondary N) is 2. The maximum atomic E-state index is 11.6. The number of amides is 2. The molecule has 0 saturated carbocycles. The number of carbonyl (C=O) groups excluding carboxylic acids is 1. The van der Waals surface area contributed by atoms with Crippen molar-refractivity contribution in [3.8, 4) is 0 Å². The lowest BCUT2D eigenvalue weighted by Gasteiger charge is -2.38. The second-order valence-corrected chi connectivity index (χ2v) is 4.43. The van der Waals surface area contributed by atoms with Crippen molar-refractivity contribution in [2.75, 3.05) is 19.6 Å². The number of H-pyrrole nitrogens is 1. The average molecular weight is 252 g/mol. The molecule has 0 unspecified atom stereocenters. The molecule has 0 aromatic carbocycles. The molecule has 0 bridgehead atoms. The molecule has 0 radical (unpaired) electrons. The predicted molar refractivity (Wildman–Crippen MR) is 63.0 cm³/mol. The molecule has 2 rings (SSSR count). The van der Waals surface area contributed by atoms with E-state index >= 15 is 0 Å². The van der Waals surface area contributed by atoms with Gasteiger partial charge in [-0.1, -0.05) is 0 Å². The molecule has 0 aliphatic carbocycles. The first-order valence-electron chi connectivity index (χ1n) is 5.87. The van der Waals surface area contributed by atoms with Gasteiger partial charge in [-0.05, 0) is 0 Å². The fraction of sp³-hybridized carbons (Fsp3) is 0.545. The van der Waals surface area contributed by atoms with Crippen molar-refractivity contribution in [2.24, 2.45) is 5.92 Å². The Labute approximate surface area is 104 Å². The molecule has 1 aliphatic heterocycles. The van der Waals surface area contributed by atoms with E-state index in [9.17, 15) is 9.59 Å². The number of likely N-dealkylation sites (tertiary alicyclic amines) is 1.